The van der Waals surface area contributed by atoms with Crippen molar-refractivity contribution < 1.29 is 4.52 Å². The first-order valence-corrected chi connectivity index (χ1v) is 11.1. The number of hydrogen-bond acceptors (Lipinski definition) is 8. The zero-order chi connectivity index (χ0) is 22.1. The molecule has 11 heteroatoms. The molecule has 0 amide bonds. The summed E-state index contributed by atoms with van der Waals surface area (Å²) >= 11 is 6.12. The lowest BCUT2D eigenvalue weighted by Gasteiger charge is -2.31. The molecule has 1 fully saturated rings. The molecule has 5 rings (SSSR count). The molecule has 4 heterocycles. The van der Waals surface area contributed by atoms with Crippen LogP contribution in [-0.2, 0) is 6.54 Å². The molecule has 32 heavy (non-hydrogen) atoms. The third-order valence-corrected chi connectivity index (χ3v) is 5.89. The molecule has 0 bridgehead atoms. The molecule has 0 radical (unpaired) electrons. The molecule has 166 valence electrons. The van der Waals surface area contributed by atoms with E-state index in [9.17, 15) is 0 Å². The highest BCUT2D eigenvalue weighted by Crippen LogP contribution is 2.31. The minimum absolute atomic E-state index is 0.233. The predicted molar refractivity (Wildman–Crippen MR) is 118 cm³/mol. The first kappa shape index (κ1) is 20.6. The molecule has 0 N–H and O–H groups in total. The average molecular weight is 454 g/mol. The summed E-state index contributed by atoms with van der Waals surface area (Å²) in [6.07, 6.45) is 5.13. The molecule has 10 nitrogen and oxygen atoms in total. The van der Waals surface area contributed by atoms with E-state index in [1.54, 1.807) is 17.2 Å². The Morgan fingerprint density at radius 1 is 1.06 bits per heavy atom. The lowest BCUT2D eigenvalue weighted by Crippen LogP contribution is -2.35. The van der Waals surface area contributed by atoms with Crippen molar-refractivity contribution in [2.24, 2.45) is 0 Å². The summed E-state index contributed by atoms with van der Waals surface area (Å²) in [5.41, 5.74) is 0.943. The van der Waals surface area contributed by atoms with Crippen LogP contribution in [0.3, 0.4) is 0 Å². The summed E-state index contributed by atoms with van der Waals surface area (Å²) in [4.78, 5) is 8.44. The van der Waals surface area contributed by atoms with E-state index < -0.39 is 0 Å². The molecule has 1 aliphatic heterocycles. The van der Waals surface area contributed by atoms with E-state index in [-0.39, 0.29) is 11.8 Å². The summed E-state index contributed by atoms with van der Waals surface area (Å²) in [5, 5.41) is 22.3. The fourth-order valence-corrected chi connectivity index (χ4v) is 4.03. The van der Waals surface area contributed by atoms with Crippen LogP contribution in [0.5, 0.6) is 0 Å². The summed E-state index contributed by atoms with van der Waals surface area (Å²) in [7, 11) is 0. The lowest BCUT2D eigenvalue weighted by atomic mass is 9.96. The summed E-state index contributed by atoms with van der Waals surface area (Å²) in [6, 6.07) is 7.67. The van der Waals surface area contributed by atoms with Crippen molar-refractivity contribution in [3.63, 3.8) is 0 Å². The Morgan fingerprint density at radius 2 is 1.78 bits per heavy atom. The second-order valence-corrected chi connectivity index (χ2v) is 8.63. The highest BCUT2D eigenvalue weighted by Gasteiger charge is 2.28. The molecule has 4 aromatic rings. The van der Waals surface area contributed by atoms with Crippen LogP contribution in [0.1, 0.15) is 56.1 Å². The molecular formula is C21H24ClN9O. The number of piperidine rings is 1. The van der Waals surface area contributed by atoms with Gasteiger partial charge >= 0.3 is 0 Å². The number of benzene rings is 1. The maximum absolute atomic E-state index is 6.12. The molecule has 3 aromatic heterocycles. The standard InChI is InChI=1S/C21H24ClN9O/c1-14(2)20-25-19(28-32-20)15-7-11-29(12-8-15)21-27-26-18(13-30-23-9-10-24-30)31(21)17-5-3-16(22)4-6-17/h3-6,9-10,14-15H,7-8,11-13H2,1-2H3. The first-order chi connectivity index (χ1) is 15.6. The van der Waals surface area contributed by atoms with E-state index in [4.69, 9.17) is 16.1 Å². The van der Waals surface area contributed by atoms with Crippen molar-refractivity contribution in [3.8, 4) is 5.69 Å². The van der Waals surface area contributed by atoms with Gasteiger partial charge in [-0.2, -0.15) is 20.0 Å². The molecule has 0 unspecified atom stereocenters. The Hall–Kier alpha value is -3.27. The van der Waals surface area contributed by atoms with Gasteiger partial charge in [-0.3, -0.25) is 4.57 Å². The van der Waals surface area contributed by atoms with Gasteiger partial charge in [0.05, 0.1) is 18.1 Å². The number of hydrogen-bond donors (Lipinski definition) is 0. The summed E-state index contributed by atoms with van der Waals surface area (Å²) in [5.74, 6) is 3.56. The third kappa shape index (κ3) is 4.10. The van der Waals surface area contributed by atoms with E-state index in [1.807, 2.05) is 28.8 Å². The fourth-order valence-electron chi connectivity index (χ4n) is 3.91. The molecule has 0 atom stereocenters. The topological polar surface area (TPSA) is 104 Å². The second-order valence-electron chi connectivity index (χ2n) is 8.19. The minimum Gasteiger partial charge on any atom is -0.341 e. The molecule has 0 aliphatic carbocycles. The highest BCUT2D eigenvalue weighted by atomic mass is 35.5. The number of rotatable bonds is 6. The van der Waals surface area contributed by atoms with E-state index in [1.165, 1.54) is 0 Å². The Bertz CT molecular complexity index is 1160. The average Bonchev–Trinajstić information content (AvgIpc) is 3.56. The molecule has 0 spiro atoms. The Morgan fingerprint density at radius 3 is 2.44 bits per heavy atom. The van der Waals surface area contributed by atoms with Gasteiger partial charge in [0.1, 0.15) is 6.54 Å². The zero-order valence-corrected chi connectivity index (χ0v) is 18.7. The van der Waals surface area contributed by atoms with Gasteiger partial charge in [0.15, 0.2) is 11.6 Å². The van der Waals surface area contributed by atoms with Gasteiger partial charge < -0.3 is 9.42 Å². The van der Waals surface area contributed by atoms with Gasteiger partial charge in [0.2, 0.25) is 11.8 Å². The normalized spacial score (nSPS) is 15.1. The highest BCUT2D eigenvalue weighted by molar-refractivity contribution is 6.30. The minimum atomic E-state index is 0.233. The first-order valence-electron chi connectivity index (χ1n) is 10.7. The molecular weight excluding hydrogens is 430 g/mol. The van der Waals surface area contributed by atoms with Crippen LogP contribution in [-0.4, -0.2) is 53.0 Å². The van der Waals surface area contributed by atoms with E-state index in [0.29, 0.717) is 17.5 Å². The van der Waals surface area contributed by atoms with Gasteiger partial charge in [0.25, 0.3) is 0 Å². The van der Waals surface area contributed by atoms with Crippen molar-refractivity contribution in [1.29, 1.82) is 0 Å². The maximum atomic E-state index is 6.12. The quantitative estimate of drug-likeness (QED) is 0.437. The van der Waals surface area contributed by atoms with E-state index in [0.717, 1.165) is 49.2 Å². The van der Waals surface area contributed by atoms with Crippen LogP contribution in [0.15, 0.2) is 41.2 Å². The smallest absolute Gasteiger partial charge is 0.231 e. The van der Waals surface area contributed by atoms with Gasteiger partial charge in [-0.05, 0) is 37.1 Å². The van der Waals surface area contributed by atoms with Crippen molar-refractivity contribution in [1.82, 2.24) is 39.9 Å². The third-order valence-electron chi connectivity index (χ3n) is 5.64. The molecule has 1 aliphatic rings. The number of nitrogens with zero attached hydrogens (tertiary/aromatic N) is 9. The summed E-state index contributed by atoms with van der Waals surface area (Å²) in [6.45, 7) is 6.17. The van der Waals surface area contributed by atoms with Gasteiger partial charge in [0, 0.05) is 29.9 Å². The van der Waals surface area contributed by atoms with E-state index >= 15 is 0 Å². The van der Waals surface area contributed by atoms with Crippen molar-refractivity contribution >= 4 is 17.5 Å². The van der Waals surface area contributed by atoms with Crippen molar-refractivity contribution in [2.45, 2.75) is 45.1 Å². The molecule has 0 saturated carbocycles. The van der Waals surface area contributed by atoms with Crippen LogP contribution < -0.4 is 4.90 Å². The predicted octanol–water partition coefficient (Wildman–Crippen LogP) is 3.45. The molecule has 1 saturated heterocycles. The number of halogens is 1. The monoisotopic (exact) mass is 453 g/mol. The number of aromatic nitrogens is 8. The second kappa shape index (κ2) is 8.70. The number of anilines is 1. The fraction of sp³-hybridized carbons (Fsp3) is 0.429. The Balaban J connectivity index is 1.39. The van der Waals surface area contributed by atoms with Crippen molar-refractivity contribution in [2.75, 3.05) is 18.0 Å². The molecule has 1 aromatic carbocycles. The van der Waals surface area contributed by atoms with E-state index in [2.05, 4.69) is 49.3 Å². The van der Waals surface area contributed by atoms with Crippen LogP contribution in [0.4, 0.5) is 5.95 Å². The van der Waals surface area contributed by atoms with Gasteiger partial charge in [-0.1, -0.05) is 30.6 Å². The Kier molecular flexibility index (Phi) is 5.60. The van der Waals surface area contributed by atoms with Crippen LogP contribution >= 0.6 is 11.6 Å². The van der Waals surface area contributed by atoms with Crippen LogP contribution in [0, 0.1) is 0 Å². The largest absolute Gasteiger partial charge is 0.341 e. The van der Waals surface area contributed by atoms with Gasteiger partial charge in [-0.15, -0.1) is 10.2 Å². The zero-order valence-electron chi connectivity index (χ0n) is 18.0. The van der Waals surface area contributed by atoms with Crippen LogP contribution in [0.25, 0.3) is 5.69 Å². The maximum Gasteiger partial charge on any atom is 0.231 e. The Labute approximate surface area is 190 Å². The lowest BCUT2D eigenvalue weighted by molar-refractivity contribution is 0.353. The SMILES string of the molecule is CC(C)c1nc(C2CCN(c3nnc(Cn4nccn4)n3-c3ccc(Cl)cc3)CC2)no1. The van der Waals surface area contributed by atoms with Crippen molar-refractivity contribution in [3.05, 3.63) is 59.2 Å². The van der Waals surface area contributed by atoms with Gasteiger partial charge in [-0.25, -0.2) is 0 Å². The van der Waals surface area contributed by atoms with Crippen LogP contribution in [0.2, 0.25) is 5.02 Å². The summed E-state index contributed by atoms with van der Waals surface area (Å²) < 4.78 is 7.45.